The molecule has 1 aromatic carbocycles. The molecular weight excluding hydrogens is 459 g/mol. The van der Waals surface area contributed by atoms with E-state index in [0.717, 1.165) is 30.4 Å². The number of halogens is 1. The summed E-state index contributed by atoms with van der Waals surface area (Å²) in [5.41, 5.74) is 1.99. The molecule has 2 aromatic heterocycles. The average Bonchev–Trinajstić information content (AvgIpc) is 2.91. The fourth-order valence-electron chi connectivity index (χ4n) is 4.98. The van der Waals surface area contributed by atoms with Crippen molar-refractivity contribution < 1.29 is 19.0 Å². The van der Waals surface area contributed by atoms with Crippen molar-refractivity contribution in [2.24, 2.45) is 11.8 Å². The largest absolute Gasteiger partial charge is 0.497 e. The normalized spacial score (nSPS) is 18.8. The van der Waals surface area contributed by atoms with Gasteiger partial charge in [0.2, 0.25) is 0 Å². The first-order valence-electron chi connectivity index (χ1n) is 12.3. The Morgan fingerprint density at radius 1 is 1.22 bits per heavy atom. The van der Waals surface area contributed by atoms with Crippen LogP contribution in [0.5, 0.6) is 5.75 Å². The molecule has 1 fully saturated rings. The Morgan fingerprint density at radius 3 is 2.89 bits per heavy atom. The molecule has 3 heterocycles. The molecule has 1 saturated heterocycles. The first-order chi connectivity index (χ1) is 17.5. The Bertz CT molecular complexity index is 1230. The number of piperidine rings is 1. The van der Waals surface area contributed by atoms with Gasteiger partial charge >= 0.3 is 5.97 Å². The number of likely N-dealkylation sites (tertiary alicyclic amines) is 1. The summed E-state index contributed by atoms with van der Waals surface area (Å²) in [6.07, 6.45) is 8.06. The summed E-state index contributed by atoms with van der Waals surface area (Å²) >= 11 is 0. The van der Waals surface area contributed by atoms with Gasteiger partial charge in [-0.3, -0.25) is 19.7 Å². The number of hydrogen-bond donors (Lipinski definition) is 1. The lowest BCUT2D eigenvalue weighted by Gasteiger charge is -2.38. The second-order valence-corrected chi connectivity index (χ2v) is 9.20. The van der Waals surface area contributed by atoms with Crippen LogP contribution in [-0.4, -0.2) is 57.7 Å². The van der Waals surface area contributed by atoms with Gasteiger partial charge in [-0.05, 0) is 79.8 Å². The molecule has 3 aromatic rings. The highest BCUT2D eigenvalue weighted by Crippen LogP contribution is 2.36. The number of rotatable bonds is 9. The van der Waals surface area contributed by atoms with Gasteiger partial charge in [-0.15, -0.1) is 0 Å². The number of alkyl halides is 1. The van der Waals surface area contributed by atoms with Crippen LogP contribution in [0.2, 0.25) is 0 Å². The maximum absolute atomic E-state index is 15.5. The summed E-state index contributed by atoms with van der Waals surface area (Å²) in [5, 5.41) is 10.0. The van der Waals surface area contributed by atoms with Gasteiger partial charge in [0.15, 0.2) is 0 Å². The summed E-state index contributed by atoms with van der Waals surface area (Å²) in [6.45, 7) is 2.21. The fourth-order valence-corrected chi connectivity index (χ4v) is 4.98. The second kappa shape index (κ2) is 12.4. The van der Waals surface area contributed by atoms with E-state index in [1.807, 2.05) is 18.2 Å². The number of carbonyl (C=O) groups is 1. The zero-order valence-electron chi connectivity index (χ0n) is 20.4. The highest BCUT2D eigenvalue weighted by molar-refractivity contribution is 5.83. The molecule has 7 nitrogen and oxygen atoms in total. The number of nitrogens with zero attached hydrogens (tertiary/aromatic N) is 4. The molecular formula is C28H31FN4O3. The lowest BCUT2D eigenvalue weighted by atomic mass is 9.79. The third kappa shape index (κ3) is 6.76. The van der Waals surface area contributed by atoms with E-state index in [1.54, 1.807) is 38.0 Å². The van der Waals surface area contributed by atoms with Crippen LogP contribution in [0.4, 0.5) is 4.39 Å². The van der Waals surface area contributed by atoms with Gasteiger partial charge in [-0.25, -0.2) is 9.37 Å². The number of carboxylic acids is 1. The molecule has 0 saturated carbocycles. The topological polar surface area (TPSA) is 88.4 Å². The van der Waals surface area contributed by atoms with Gasteiger partial charge in [0.25, 0.3) is 0 Å². The zero-order valence-corrected chi connectivity index (χ0v) is 20.4. The number of benzene rings is 1. The van der Waals surface area contributed by atoms with Crippen LogP contribution in [0.3, 0.4) is 0 Å². The summed E-state index contributed by atoms with van der Waals surface area (Å²) in [4.78, 5) is 26.1. The van der Waals surface area contributed by atoms with E-state index >= 15 is 4.39 Å². The third-order valence-corrected chi connectivity index (χ3v) is 6.90. The molecule has 1 unspecified atom stereocenters. The Hall–Kier alpha value is -3.57. The minimum atomic E-state index is -1.13. The van der Waals surface area contributed by atoms with Crippen LogP contribution in [0, 0.1) is 23.7 Å². The van der Waals surface area contributed by atoms with Crippen LogP contribution >= 0.6 is 0 Å². The first-order valence-corrected chi connectivity index (χ1v) is 12.3. The van der Waals surface area contributed by atoms with Gasteiger partial charge in [0, 0.05) is 36.9 Å². The van der Waals surface area contributed by atoms with Crippen molar-refractivity contribution in [3.8, 4) is 17.6 Å². The molecule has 0 bridgehead atoms. The molecule has 0 spiro atoms. The minimum Gasteiger partial charge on any atom is -0.497 e. The molecule has 188 valence electrons. The van der Waals surface area contributed by atoms with E-state index < -0.39 is 12.1 Å². The number of methoxy groups -OCH3 is 1. The summed E-state index contributed by atoms with van der Waals surface area (Å²) in [5.74, 6) is 6.52. The summed E-state index contributed by atoms with van der Waals surface area (Å²) in [7, 11) is 1.59. The van der Waals surface area contributed by atoms with Crippen LogP contribution < -0.4 is 4.74 Å². The molecule has 1 N–H and O–H groups in total. The van der Waals surface area contributed by atoms with Crippen LogP contribution in [0.15, 0.2) is 49.1 Å². The summed E-state index contributed by atoms with van der Waals surface area (Å²) in [6, 6.07) is 7.24. The van der Waals surface area contributed by atoms with E-state index in [2.05, 4.69) is 31.7 Å². The Morgan fingerprint density at radius 2 is 2.11 bits per heavy atom. The molecule has 1 aliphatic heterocycles. The van der Waals surface area contributed by atoms with Crippen molar-refractivity contribution in [2.75, 3.05) is 26.7 Å². The number of pyridine rings is 1. The van der Waals surface area contributed by atoms with Crippen molar-refractivity contribution >= 4 is 16.9 Å². The van der Waals surface area contributed by atoms with Crippen molar-refractivity contribution in [2.45, 2.75) is 38.3 Å². The predicted octanol–water partition coefficient (Wildman–Crippen LogP) is 4.68. The lowest BCUT2D eigenvalue weighted by molar-refractivity contribution is -0.137. The number of ether oxygens (including phenoxy) is 1. The third-order valence-electron chi connectivity index (χ3n) is 6.90. The SMILES string of the molecule is COc1ccc2nccc(C(F)CC[C@@H]3CCN(CC#Cc4cnccn4)C[C@@H]3CCC(=O)O)c2c1. The number of aromatic nitrogens is 3. The molecule has 0 radical (unpaired) electrons. The smallest absolute Gasteiger partial charge is 0.303 e. The van der Waals surface area contributed by atoms with E-state index in [0.29, 0.717) is 42.8 Å². The van der Waals surface area contributed by atoms with Crippen molar-refractivity contribution in [3.63, 3.8) is 0 Å². The van der Waals surface area contributed by atoms with Gasteiger partial charge in [-0.2, -0.15) is 0 Å². The zero-order chi connectivity index (χ0) is 25.3. The van der Waals surface area contributed by atoms with Crippen LogP contribution in [-0.2, 0) is 4.79 Å². The van der Waals surface area contributed by atoms with E-state index in [1.165, 1.54) is 0 Å². The average molecular weight is 491 g/mol. The van der Waals surface area contributed by atoms with Crippen LogP contribution in [0.1, 0.15) is 49.5 Å². The lowest BCUT2D eigenvalue weighted by Crippen LogP contribution is -2.41. The van der Waals surface area contributed by atoms with Gasteiger partial charge in [0.05, 0.1) is 25.4 Å². The van der Waals surface area contributed by atoms with Gasteiger partial charge in [0.1, 0.15) is 17.6 Å². The molecule has 0 aliphatic carbocycles. The minimum absolute atomic E-state index is 0.119. The van der Waals surface area contributed by atoms with Crippen molar-refractivity contribution in [3.05, 3.63) is 60.3 Å². The second-order valence-electron chi connectivity index (χ2n) is 9.20. The molecule has 0 amide bonds. The first kappa shape index (κ1) is 25.5. The van der Waals surface area contributed by atoms with Crippen molar-refractivity contribution in [1.82, 2.24) is 19.9 Å². The molecule has 8 heteroatoms. The van der Waals surface area contributed by atoms with E-state index in [4.69, 9.17) is 4.74 Å². The highest BCUT2D eigenvalue weighted by Gasteiger charge is 2.30. The molecule has 4 rings (SSSR count). The number of aliphatic carboxylic acids is 1. The quantitative estimate of drug-likeness (QED) is 0.436. The maximum Gasteiger partial charge on any atom is 0.303 e. The maximum atomic E-state index is 15.5. The van der Waals surface area contributed by atoms with Crippen LogP contribution in [0.25, 0.3) is 10.9 Å². The number of hydrogen-bond acceptors (Lipinski definition) is 6. The number of carboxylic acid groups (broad SMARTS) is 1. The van der Waals surface area contributed by atoms with Gasteiger partial charge in [-0.1, -0.05) is 5.92 Å². The standard InChI is InChI=1S/C28H31FN4O3/c1-36-23-6-8-27-25(17-23)24(10-12-32-27)26(29)7-4-20-11-16-33(19-21(20)5-9-28(34)35)15-2-3-22-18-30-13-14-31-22/h6,8,10,12-14,17-18,20-21,26H,4-5,7,9,11,15-16,19H2,1H3,(H,34,35)/t20-,21+,26?/m1/s1. The Labute approximate surface area is 210 Å². The molecule has 36 heavy (non-hydrogen) atoms. The fraction of sp³-hybridized carbons (Fsp3) is 0.429. The van der Waals surface area contributed by atoms with Crippen molar-refractivity contribution in [1.29, 1.82) is 0 Å². The highest BCUT2D eigenvalue weighted by atomic mass is 19.1. The Balaban J connectivity index is 1.39. The predicted molar refractivity (Wildman–Crippen MR) is 135 cm³/mol. The monoisotopic (exact) mass is 490 g/mol. The molecule has 3 atom stereocenters. The summed E-state index contributed by atoms with van der Waals surface area (Å²) < 4.78 is 20.8. The Kier molecular flexibility index (Phi) is 8.80. The molecule has 1 aliphatic rings. The van der Waals surface area contributed by atoms with E-state index in [-0.39, 0.29) is 18.3 Å². The number of fused-ring (bicyclic) bond motifs is 1. The van der Waals surface area contributed by atoms with Gasteiger partial charge < -0.3 is 9.84 Å². The van der Waals surface area contributed by atoms with E-state index in [9.17, 15) is 9.90 Å².